The van der Waals surface area contributed by atoms with Crippen LogP contribution in [0.3, 0.4) is 0 Å². The molecule has 0 radical (unpaired) electrons. The predicted molar refractivity (Wildman–Crippen MR) is 128 cm³/mol. The molecule has 1 rings (SSSR count). The Morgan fingerprint density at radius 1 is 1.33 bits per heavy atom. The summed E-state index contributed by atoms with van der Waals surface area (Å²) in [6.07, 6.45) is 12.7. The number of nitro groups is 1. The van der Waals surface area contributed by atoms with Crippen molar-refractivity contribution in [3.05, 3.63) is 110 Å². The Labute approximate surface area is 187 Å². The Bertz CT molecular complexity index is 911. The van der Waals surface area contributed by atoms with Gasteiger partial charge in [0, 0.05) is 22.4 Å². The summed E-state index contributed by atoms with van der Waals surface area (Å²) in [5.41, 5.74) is 9.59. The molecule has 0 aliphatic rings. The number of allylic oxidation sites excluding steroid dienone is 6. The number of rotatable bonds is 11. The molecule has 0 bridgehead atoms. The topological polar surface area (TPSA) is 78.4 Å². The minimum atomic E-state index is -0.487. The third kappa shape index (κ3) is 9.20. The number of benzene rings is 1. The van der Waals surface area contributed by atoms with E-state index >= 15 is 0 Å². The first kappa shape index (κ1) is 25.3. The van der Waals surface area contributed by atoms with Crippen molar-refractivity contribution in [2.24, 2.45) is 5.73 Å². The predicted octanol–water partition coefficient (Wildman–Crippen LogP) is 6.84. The van der Waals surface area contributed by atoms with Crippen LogP contribution in [0.25, 0.3) is 0 Å². The average Bonchev–Trinajstić information content (AvgIpc) is 2.71. The Morgan fingerprint density at radius 2 is 2.07 bits per heavy atom. The minimum Gasteiger partial charge on any atom is -0.497 e. The Hall–Kier alpha value is -2.70. The number of thioether (sulfide) groups is 1. The van der Waals surface area contributed by atoms with Crippen LogP contribution in [0, 0.1) is 10.1 Å². The number of hydrogen-bond acceptors (Lipinski definition) is 5. The Balaban J connectivity index is 2.66. The van der Waals surface area contributed by atoms with Gasteiger partial charge in [-0.15, -0.1) is 11.8 Å². The fourth-order valence-electron chi connectivity index (χ4n) is 2.16. The lowest BCUT2D eigenvalue weighted by Crippen LogP contribution is -1.99. The van der Waals surface area contributed by atoms with Crippen LogP contribution < -0.4 is 5.73 Å². The van der Waals surface area contributed by atoms with Crippen LogP contribution in [0.2, 0.25) is 5.02 Å². The maximum Gasteiger partial charge on any atom is 0.288 e. The molecule has 0 atom stereocenters. The largest absolute Gasteiger partial charge is 0.497 e. The van der Waals surface area contributed by atoms with Crippen molar-refractivity contribution in [1.82, 2.24) is 0 Å². The first-order valence-electron chi connectivity index (χ1n) is 9.21. The zero-order valence-electron chi connectivity index (χ0n) is 17.4. The standard InChI is InChI=1S/C23H27ClN2O3S/c1-5-18(10-9-17(3)4)15-29-13-7-8-21(25)23(6-2)30-16-19-11-12-20(24)22(14-19)26(27)28/h5-14H,1,15-16,25H2,2-4H3/b13-7+,18-10+,21-8+,23-6+. The highest BCUT2D eigenvalue weighted by Crippen LogP contribution is 2.30. The summed E-state index contributed by atoms with van der Waals surface area (Å²) in [6.45, 7) is 10.1. The van der Waals surface area contributed by atoms with Gasteiger partial charge in [-0.25, -0.2) is 0 Å². The number of halogens is 1. The van der Waals surface area contributed by atoms with Gasteiger partial charge in [0.1, 0.15) is 11.6 Å². The van der Waals surface area contributed by atoms with Gasteiger partial charge in [0.05, 0.1) is 11.2 Å². The van der Waals surface area contributed by atoms with E-state index in [0.717, 1.165) is 16.0 Å². The average molecular weight is 447 g/mol. The summed E-state index contributed by atoms with van der Waals surface area (Å²) < 4.78 is 5.51. The highest BCUT2D eigenvalue weighted by Gasteiger charge is 2.13. The lowest BCUT2D eigenvalue weighted by atomic mass is 10.2. The molecule has 2 N–H and O–H groups in total. The van der Waals surface area contributed by atoms with E-state index in [4.69, 9.17) is 22.1 Å². The number of ether oxygens (including phenoxy) is 1. The SMILES string of the molecule is C=C/C(=C\C=C(C)C)CO/C=C/C=C(N)\C(=C/C)SCc1ccc(Cl)c([N+](=O)[O-])c1. The quantitative estimate of drug-likeness (QED) is 0.174. The molecular weight excluding hydrogens is 420 g/mol. The van der Waals surface area contributed by atoms with Gasteiger partial charge in [0.2, 0.25) is 0 Å². The minimum absolute atomic E-state index is 0.0991. The van der Waals surface area contributed by atoms with Gasteiger partial charge in [-0.3, -0.25) is 10.1 Å². The Kier molecular flexibility index (Phi) is 11.4. The summed E-state index contributed by atoms with van der Waals surface area (Å²) in [6, 6.07) is 4.78. The van der Waals surface area contributed by atoms with E-state index < -0.39 is 4.92 Å². The maximum atomic E-state index is 11.0. The lowest BCUT2D eigenvalue weighted by Gasteiger charge is -2.07. The molecular formula is C23H27ClN2O3S. The van der Waals surface area contributed by atoms with E-state index in [1.54, 1.807) is 30.6 Å². The van der Waals surface area contributed by atoms with Crippen molar-refractivity contribution >= 4 is 29.1 Å². The molecule has 0 unspecified atom stereocenters. The van der Waals surface area contributed by atoms with Crippen LogP contribution in [-0.4, -0.2) is 11.5 Å². The molecule has 0 aliphatic heterocycles. The van der Waals surface area contributed by atoms with Crippen LogP contribution in [-0.2, 0) is 10.5 Å². The second-order valence-electron chi connectivity index (χ2n) is 6.44. The first-order valence-corrected chi connectivity index (χ1v) is 10.6. The summed E-state index contributed by atoms with van der Waals surface area (Å²) in [5, 5.41) is 11.1. The van der Waals surface area contributed by atoms with Crippen LogP contribution in [0.5, 0.6) is 0 Å². The molecule has 0 heterocycles. The fourth-order valence-corrected chi connectivity index (χ4v) is 3.25. The van der Waals surface area contributed by atoms with Gasteiger partial charge in [0.25, 0.3) is 5.69 Å². The van der Waals surface area contributed by atoms with Crippen molar-refractivity contribution < 1.29 is 9.66 Å². The zero-order chi connectivity index (χ0) is 22.5. The molecule has 1 aromatic carbocycles. The summed E-state index contributed by atoms with van der Waals surface area (Å²) in [7, 11) is 0. The van der Waals surface area contributed by atoms with Gasteiger partial charge in [0.15, 0.2) is 0 Å². The zero-order valence-corrected chi connectivity index (χ0v) is 19.0. The third-order valence-corrected chi connectivity index (χ3v) is 5.32. The highest BCUT2D eigenvalue weighted by molar-refractivity contribution is 8.02. The maximum absolute atomic E-state index is 11.0. The molecule has 0 amide bonds. The van der Waals surface area contributed by atoms with Crippen molar-refractivity contribution in [1.29, 1.82) is 0 Å². The van der Waals surface area contributed by atoms with Crippen molar-refractivity contribution in [3.63, 3.8) is 0 Å². The molecule has 0 saturated heterocycles. The monoisotopic (exact) mass is 446 g/mol. The molecule has 7 heteroatoms. The fraction of sp³-hybridized carbons (Fsp3) is 0.217. The number of nitrogens with zero attached hydrogens (tertiary/aromatic N) is 1. The molecule has 0 saturated carbocycles. The smallest absolute Gasteiger partial charge is 0.288 e. The van der Waals surface area contributed by atoms with E-state index in [1.165, 1.54) is 29.5 Å². The molecule has 1 aromatic rings. The normalized spacial score (nSPS) is 12.7. The van der Waals surface area contributed by atoms with Gasteiger partial charge in [-0.1, -0.05) is 54.1 Å². The van der Waals surface area contributed by atoms with Crippen LogP contribution >= 0.6 is 23.4 Å². The third-order valence-electron chi connectivity index (χ3n) is 3.74. The van der Waals surface area contributed by atoms with Crippen molar-refractivity contribution in [3.8, 4) is 0 Å². The second-order valence-corrected chi connectivity index (χ2v) is 7.86. The lowest BCUT2D eigenvalue weighted by molar-refractivity contribution is -0.384. The summed E-state index contributed by atoms with van der Waals surface area (Å²) >= 11 is 7.34. The van der Waals surface area contributed by atoms with Gasteiger partial charge < -0.3 is 10.5 Å². The van der Waals surface area contributed by atoms with E-state index in [2.05, 4.69) is 6.58 Å². The number of nitro benzene ring substituents is 1. The van der Waals surface area contributed by atoms with Crippen molar-refractivity contribution in [2.75, 3.05) is 6.61 Å². The van der Waals surface area contributed by atoms with Gasteiger partial charge in [-0.05, 0) is 50.1 Å². The van der Waals surface area contributed by atoms with Crippen LogP contribution in [0.4, 0.5) is 5.69 Å². The number of hydrogen-bond donors (Lipinski definition) is 1. The molecule has 0 aliphatic carbocycles. The van der Waals surface area contributed by atoms with Gasteiger partial charge in [-0.2, -0.15) is 0 Å². The molecule has 0 fully saturated rings. The van der Waals surface area contributed by atoms with E-state index in [9.17, 15) is 10.1 Å². The van der Waals surface area contributed by atoms with E-state index in [0.29, 0.717) is 18.1 Å². The molecule has 0 spiro atoms. The number of nitrogens with two attached hydrogens (primary N) is 1. The second kappa shape index (κ2) is 13.5. The molecule has 30 heavy (non-hydrogen) atoms. The molecule has 0 aromatic heterocycles. The van der Waals surface area contributed by atoms with Crippen LogP contribution in [0.1, 0.15) is 26.3 Å². The summed E-state index contributed by atoms with van der Waals surface area (Å²) in [4.78, 5) is 11.4. The van der Waals surface area contributed by atoms with Crippen molar-refractivity contribution in [2.45, 2.75) is 26.5 Å². The van der Waals surface area contributed by atoms with Crippen LogP contribution in [0.15, 0.2) is 89.2 Å². The first-order chi connectivity index (χ1) is 14.3. The highest BCUT2D eigenvalue weighted by atomic mass is 35.5. The molecule has 160 valence electrons. The summed E-state index contributed by atoms with van der Waals surface area (Å²) in [5.74, 6) is 0.532. The molecule has 5 nitrogen and oxygen atoms in total. The van der Waals surface area contributed by atoms with Gasteiger partial charge >= 0.3 is 0 Å². The van der Waals surface area contributed by atoms with E-state index in [1.807, 2.05) is 39.0 Å². The Morgan fingerprint density at radius 3 is 2.67 bits per heavy atom. The van der Waals surface area contributed by atoms with E-state index in [-0.39, 0.29) is 10.7 Å².